The minimum Gasteiger partial charge on any atom is -0.355 e. The molecule has 1 aliphatic rings. The molecule has 0 atom stereocenters. The molecule has 1 aromatic carbocycles. The maximum Gasteiger partial charge on any atom is 0.221 e. The summed E-state index contributed by atoms with van der Waals surface area (Å²) in [4.78, 5) is 11.6. The number of hydrogen-bond donors (Lipinski definition) is 2. The van der Waals surface area contributed by atoms with E-state index in [2.05, 4.69) is 29.6 Å². The predicted molar refractivity (Wildman–Crippen MR) is 73.3 cm³/mol. The van der Waals surface area contributed by atoms with Gasteiger partial charge in [-0.3, -0.25) is 4.79 Å². The van der Waals surface area contributed by atoms with E-state index in [1.54, 1.807) is 0 Å². The number of nitrogens with one attached hydrogen (secondary N) is 1. The lowest BCUT2D eigenvalue weighted by Gasteiger charge is -2.30. The second-order valence-electron chi connectivity index (χ2n) is 5.17. The fourth-order valence-electron chi connectivity index (χ4n) is 2.90. The molecule has 0 aromatic heterocycles. The molecule has 0 aliphatic heterocycles. The number of carbonyl (C=O) groups is 1. The van der Waals surface area contributed by atoms with E-state index >= 15 is 0 Å². The van der Waals surface area contributed by atoms with Gasteiger partial charge in [-0.2, -0.15) is 0 Å². The molecule has 1 fully saturated rings. The van der Waals surface area contributed by atoms with Crippen LogP contribution in [0.3, 0.4) is 0 Å². The number of carbonyl (C=O) groups excluding carboxylic acids is 1. The molecule has 0 bridgehead atoms. The van der Waals surface area contributed by atoms with Gasteiger partial charge in [0.25, 0.3) is 0 Å². The van der Waals surface area contributed by atoms with Gasteiger partial charge in [-0.1, -0.05) is 43.2 Å². The van der Waals surface area contributed by atoms with Crippen molar-refractivity contribution < 1.29 is 4.79 Å². The molecule has 0 radical (unpaired) electrons. The first-order valence-electron chi connectivity index (χ1n) is 6.79. The fraction of sp³-hybridized carbons (Fsp3) is 0.533. The fourth-order valence-corrected chi connectivity index (χ4v) is 2.90. The van der Waals surface area contributed by atoms with E-state index in [0.717, 1.165) is 6.54 Å². The second-order valence-corrected chi connectivity index (χ2v) is 5.17. The Kier molecular flexibility index (Phi) is 4.37. The van der Waals surface area contributed by atoms with Crippen LogP contribution in [0.25, 0.3) is 0 Å². The van der Waals surface area contributed by atoms with Gasteiger partial charge in [0.2, 0.25) is 5.91 Å². The van der Waals surface area contributed by atoms with Crippen LogP contribution in [0.4, 0.5) is 0 Å². The summed E-state index contributed by atoms with van der Waals surface area (Å²) in [6.45, 7) is 1.17. The first-order chi connectivity index (χ1) is 8.77. The van der Waals surface area contributed by atoms with E-state index in [1.165, 1.54) is 31.2 Å². The summed E-state index contributed by atoms with van der Waals surface area (Å²) in [5.74, 6) is 0.0692. The monoisotopic (exact) mass is 246 g/mol. The van der Waals surface area contributed by atoms with Gasteiger partial charge in [0, 0.05) is 24.9 Å². The van der Waals surface area contributed by atoms with Gasteiger partial charge in [0.15, 0.2) is 0 Å². The van der Waals surface area contributed by atoms with Crippen LogP contribution in [0.15, 0.2) is 30.3 Å². The number of benzene rings is 1. The molecule has 2 rings (SSSR count). The van der Waals surface area contributed by atoms with Crippen LogP contribution in [0.5, 0.6) is 0 Å². The Labute approximate surface area is 109 Å². The van der Waals surface area contributed by atoms with Gasteiger partial charge in [0.05, 0.1) is 0 Å². The van der Waals surface area contributed by atoms with Crippen molar-refractivity contribution in [3.63, 3.8) is 0 Å². The van der Waals surface area contributed by atoms with Gasteiger partial charge < -0.3 is 11.1 Å². The van der Waals surface area contributed by atoms with Crippen LogP contribution in [-0.4, -0.2) is 19.0 Å². The van der Waals surface area contributed by atoms with Crippen molar-refractivity contribution in [1.29, 1.82) is 0 Å². The normalized spacial score (nSPS) is 17.6. The summed E-state index contributed by atoms with van der Waals surface area (Å²) < 4.78 is 0. The molecule has 3 nitrogen and oxygen atoms in total. The zero-order valence-corrected chi connectivity index (χ0v) is 10.8. The second kappa shape index (κ2) is 6.01. The largest absolute Gasteiger partial charge is 0.355 e. The van der Waals surface area contributed by atoms with E-state index in [0.29, 0.717) is 13.0 Å². The lowest BCUT2D eigenvalue weighted by atomic mass is 9.79. The van der Waals surface area contributed by atoms with Gasteiger partial charge in [-0.15, -0.1) is 0 Å². The van der Waals surface area contributed by atoms with Gasteiger partial charge >= 0.3 is 0 Å². The Balaban J connectivity index is 2.06. The first-order valence-corrected chi connectivity index (χ1v) is 6.79. The lowest BCUT2D eigenvalue weighted by Crippen LogP contribution is -2.39. The highest BCUT2D eigenvalue weighted by Crippen LogP contribution is 2.40. The summed E-state index contributed by atoms with van der Waals surface area (Å²) in [6.07, 6.45) is 5.26. The predicted octanol–water partition coefficient (Wildman–Crippen LogP) is 1.96. The van der Waals surface area contributed by atoms with E-state index in [4.69, 9.17) is 5.73 Å². The highest BCUT2D eigenvalue weighted by molar-refractivity contribution is 5.76. The Morgan fingerprint density at radius 2 is 1.89 bits per heavy atom. The third kappa shape index (κ3) is 2.91. The number of hydrogen-bond acceptors (Lipinski definition) is 2. The minimum absolute atomic E-state index is 0.0692. The Morgan fingerprint density at radius 3 is 2.50 bits per heavy atom. The smallest absolute Gasteiger partial charge is 0.221 e. The molecule has 3 N–H and O–H groups in total. The molecule has 0 unspecified atom stereocenters. The molecule has 98 valence electrons. The van der Waals surface area contributed by atoms with Crippen molar-refractivity contribution in [3.05, 3.63) is 35.9 Å². The highest BCUT2D eigenvalue weighted by Gasteiger charge is 2.35. The molecule has 1 saturated carbocycles. The van der Waals surface area contributed by atoms with Crippen LogP contribution >= 0.6 is 0 Å². The highest BCUT2D eigenvalue weighted by atomic mass is 16.1. The molecule has 1 aromatic rings. The standard InChI is InChI=1S/C15H22N2O/c16-11-8-14(18)17-12-15(9-4-5-10-15)13-6-2-1-3-7-13/h1-3,6-7H,4-5,8-12,16H2,(H,17,18). The van der Waals surface area contributed by atoms with E-state index < -0.39 is 0 Å². The SMILES string of the molecule is NCCC(=O)NCC1(c2ccccc2)CCCC1. The molecular formula is C15H22N2O. The molecular weight excluding hydrogens is 224 g/mol. The quantitative estimate of drug-likeness (QED) is 0.834. The lowest BCUT2D eigenvalue weighted by molar-refractivity contribution is -0.121. The first kappa shape index (κ1) is 13.1. The average molecular weight is 246 g/mol. The molecule has 3 heteroatoms. The van der Waals surface area contributed by atoms with Gasteiger partial charge in [-0.25, -0.2) is 0 Å². The molecule has 0 heterocycles. The Hall–Kier alpha value is -1.35. The van der Waals surface area contributed by atoms with Crippen molar-refractivity contribution in [2.24, 2.45) is 5.73 Å². The Bertz CT molecular complexity index is 383. The average Bonchev–Trinajstić information content (AvgIpc) is 2.88. The van der Waals surface area contributed by atoms with Gasteiger partial charge in [0.1, 0.15) is 0 Å². The van der Waals surface area contributed by atoms with Crippen LogP contribution in [-0.2, 0) is 10.2 Å². The van der Waals surface area contributed by atoms with E-state index in [-0.39, 0.29) is 11.3 Å². The van der Waals surface area contributed by atoms with Gasteiger partial charge in [-0.05, 0) is 18.4 Å². The van der Waals surface area contributed by atoms with Crippen LogP contribution in [0.1, 0.15) is 37.7 Å². The zero-order chi connectivity index (χ0) is 12.8. The van der Waals surface area contributed by atoms with Crippen molar-refractivity contribution in [3.8, 4) is 0 Å². The molecule has 0 saturated heterocycles. The minimum atomic E-state index is 0.0692. The number of rotatable bonds is 5. The maximum absolute atomic E-state index is 11.6. The van der Waals surface area contributed by atoms with Crippen molar-refractivity contribution in [2.45, 2.75) is 37.5 Å². The summed E-state index contributed by atoms with van der Waals surface area (Å²) >= 11 is 0. The molecule has 18 heavy (non-hydrogen) atoms. The van der Waals surface area contributed by atoms with Crippen molar-refractivity contribution in [1.82, 2.24) is 5.32 Å². The molecule has 1 aliphatic carbocycles. The molecule has 0 spiro atoms. The van der Waals surface area contributed by atoms with Crippen molar-refractivity contribution >= 4 is 5.91 Å². The topological polar surface area (TPSA) is 55.1 Å². The third-order valence-electron chi connectivity index (χ3n) is 3.94. The van der Waals surface area contributed by atoms with Crippen molar-refractivity contribution in [2.75, 3.05) is 13.1 Å². The van der Waals surface area contributed by atoms with E-state index in [9.17, 15) is 4.79 Å². The van der Waals surface area contributed by atoms with Crippen LogP contribution in [0, 0.1) is 0 Å². The Morgan fingerprint density at radius 1 is 1.22 bits per heavy atom. The summed E-state index contributed by atoms with van der Waals surface area (Å²) in [7, 11) is 0. The molecule has 1 amide bonds. The summed E-state index contributed by atoms with van der Waals surface area (Å²) in [6, 6.07) is 10.6. The van der Waals surface area contributed by atoms with Crippen LogP contribution < -0.4 is 11.1 Å². The third-order valence-corrected chi connectivity index (χ3v) is 3.94. The maximum atomic E-state index is 11.6. The van der Waals surface area contributed by atoms with Crippen LogP contribution in [0.2, 0.25) is 0 Å². The van der Waals surface area contributed by atoms with E-state index in [1.807, 2.05) is 6.07 Å². The number of amides is 1. The summed E-state index contributed by atoms with van der Waals surface area (Å²) in [5.41, 5.74) is 6.90. The zero-order valence-electron chi connectivity index (χ0n) is 10.8. The number of nitrogens with two attached hydrogens (primary N) is 1. The summed E-state index contributed by atoms with van der Waals surface area (Å²) in [5, 5.41) is 3.05.